The SMILES string of the molecule is [NH3+]S(=O)(=O)c1ccc(-c2nc3ccccc3n2-c2ccc(-c3ccccc3)cc2)cc1. The van der Waals surface area contributed by atoms with E-state index in [1.165, 1.54) is 0 Å². The molecule has 0 spiro atoms. The summed E-state index contributed by atoms with van der Waals surface area (Å²) in [5.74, 6) is 0.752. The Balaban J connectivity index is 1.65. The van der Waals surface area contributed by atoms with Gasteiger partial charge in [0.2, 0.25) is 0 Å². The zero-order valence-corrected chi connectivity index (χ0v) is 17.5. The van der Waals surface area contributed by atoms with Crippen molar-refractivity contribution in [2.24, 2.45) is 0 Å². The predicted octanol–water partition coefficient (Wildman–Crippen LogP) is 4.29. The number of para-hydroxylation sites is 2. The summed E-state index contributed by atoms with van der Waals surface area (Å²) in [6.07, 6.45) is 0. The van der Waals surface area contributed by atoms with Crippen molar-refractivity contribution >= 4 is 21.1 Å². The summed E-state index contributed by atoms with van der Waals surface area (Å²) < 4.78 is 25.5. The van der Waals surface area contributed by atoms with Crippen LogP contribution in [0.15, 0.2) is 108 Å². The van der Waals surface area contributed by atoms with Gasteiger partial charge in [0.25, 0.3) is 0 Å². The van der Waals surface area contributed by atoms with Crippen molar-refractivity contribution in [2.45, 2.75) is 4.90 Å². The van der Waals surface area contributed by atoms with Crippen molar-refractivity contribution < 1.29 is 13.6 Å². The molecule has 3 N–H and O–H groups in total. The monoisotopic (exact) mass is 426 g/mol. The van der Waals surface area contributed by atoms with Gasteiger partial charge in [-0.1, -0.05) is 54.6 Å². The molecule has 0 atom stereocenters. The molecule has 5 nitrogen and oxygen atoms in total. The minimum absolute atomic E-state index is 0.186. The topological polar surface area (TPSA) is 79.6 Å². The van der Waals surface area contributed by atoms with Crippen molar-refractivity contribution in [2.75, 3.05) is 0 Å². The van der Waals surface area contributed by atoms with Crippen LogP contribution >= 0.6 is 0 Å². The van der Waals surface area contributed by atoms with Crippen molar-refractivity contribution in [3.63, 3.8) is 0 Å². The Kier molecular flexibility index (Phi) is 4.66. The quantitative estimate of drug-likeness (QED) is 0.466. The van der Waals surface area contributed by atoms with E-state index < -0.39 is 10.0 Å². The third kappa shape index (κ3) is 3.63. The number of rotatable bonds is 4. The second kappa shape index (κ2) is 7.50. The van der Waals surface area contributed by atoms with Crippen molar-refractivity contribution in [3.05, 3.63) is 103 Å². The number of sulfonamides is 1. The van der Waals surface area contributed by atoms with Crippen LogP contribution in [0.2, 0.25) is 0 Å². The van der Waals surface area contributed by atoms with Crippen LogP contribution in [0.1, 0.15) is 0 Å². The van der Waals surface area contributed by atoms with Crippen LogP contribution in [0.4, 0.5) is 0 Å². The van der Waals surface area contributed by atoms with Gasteiger partial charge in [-0.25, -0.2) is 10.1 Å². The Morgan fingerprint density at radius 1 is 0.645 bits per heavy atom. The molecule has 5 aromatic rings. The Bertz CT molecular complexity index is 1470. The maximum atomic E-state index is 11.7. The predicted molar refractivity (Wildman–Crippen MR) is 122 cm³/mol. The van der Waals surface area contributed by atoms with Crippen LogP contribution in [0.3, 0.4) is 0 Å². The summed E-state index contributed by atoms with van der Waals surface area (Å²) in [5.41, 5.74) is 5.97. The average molecular weight is 427 g/mol. The lowest BCUT2D eigenvalue weighted by atomic mass is 10.1. The van der Waals surface area contributed by atoms with Gasteiger partial charge in [0.1, 0.15) is 10.7 Å². The molecule has 1 heterocycles. The van der Waals surface area contributed by atoms with Crippen LogP contribution in [0.5, 0.6) is 0 Å². The molecule has 0 unspecified atom stereocenters. The molecule has 1 aromatic heterocycles. The minimum Gasteiger partial charge on any atom is -0.292 e. The first-order chi connectivity index (χ1) is 15.0. The van der Waals surface area contributed by atoms with E-state index >= 15 is 0 Å². The lowest BCUT2D eigenvalue weighted by Crippen LogP contribution is -2.56. The zero-order chi connectivity index (χ0) is 21.4. The molecule has 5 rings (SSSR count). The van der Waals surface area contributed by atoms with Gasteiger partial charge in [-0.15, -0.1) is 0 Å². The van der Waals surface area contributed by atoms with Gasteiger partial charge in [-0.05, 0) is 59.7 Å². The fourth-order valence-electron chi connectivity index (χ4n) is 3.73. The maximum absolute atomic E-state index is 11.7. The molecule has 0 amide bonds. The number of fused-ring (bicyclic) bond motifs is 1. The van der Waals surface area contributed by atoms with E-state index in [2.05, 4.69) is 46.1 Å². The molecule has 31 heavy (non-hydrogen) atoms. The lowest BCUT2D eigenvalue weighted by molar-refractivity contribution is -0.164. The van der Waals surface area contributed by atoms with Crippen LogP contribution in [0, 0.1) is 0 Å². The van der Waals surface area contributed by atoms with Gasteiger partial charge in [0.05, 0.1) is 11.0 Å². The first-order valence-electron chi connectivity index (χ1n) is 9.82. The summed E-state index contributed by atoms with van der Waals surface area (Å²) in [6, 6.07) is 33.2. The Hall–Kier alpha value is -3.74. The maximum Gasteiger partial charge on any atom is 0.322 e. The van der Waals surface area contributed by atoms with Gasteiger partial charge < -0.3 is 0 Å². The Labute approximate surface area is 180 Å². The third-order valence-corrected chi connectivity index (χ3v) is 6.26. The normalized spacial score (nSPS) is 11.6. The molecular weight excluding hydrogens is 406 g/mol. The molecule has 0 bridgehead atoms. The standard InChI is InChI=1S/C25H19N3O2S/c26-31(29,30)22-16-12-20(13-17-22)25-27-23-8-4-5-9-24(23)28(25)21-14-10-19(11-15-21)18-6-2-1-3-7-18/h1-17H,(H2,26,29,30)/p+1. The first kappa shape index (κ1) is 19.2. The second-order valence-electron chi connectivity index (χ2n) is 7.31. The average Bonchev–Trinajstić information content (AvgIpc) is 3.19. The van der Waals surface area contributed by atoms with Gasteiger partial charge in [-0.3, -0.25) is 4.57 Å². The molecule has 6 heteroatoms. The molecule has 0 saturated carbocycles. The van der Waals surface area contributed by atoms with Gasteiger partial charge in [0, 0.05) is 11.3 Å². The van der Waals surface area contributed by atoms with Crippen LogP contribution in [-0.4, -0.2) is 18.0 Å². The Morgan fingerprint density at radius 2 is 1.23 bits per heavy atom. The Morgan fingerprint density at radius 3 is 1.90 bits per heavy atom. The highest BCUT2D eigenvalue weighted by Gasteiger charge is 2.16. The summed E-state index contributed by atoms with van der Waals surface area (Å²) in [4.78, 5) is 5.02. The summed E-state index contributed by atoms with van der Waals surface area (Å²) in [6.45, 7) is 0. The number of quaternary nitrogens is 1. The van der Waals surface area contributed by atoms with E-state index in [-0.39, 0.29) is 4.90 Å². The zero-order valence-electron chi connectivity index (χ0n) is 16.6. The summed E-state index contributed by atoms with van der Waals surface area (Å²) >= 11 is 0. The molecule has 0 aliphatic rings. The van der Waals surface area contributed by atoms with Crippen molar-refractivity contribution in [1.82, 2.24) is 9.55 Å². The molecule has 4 aromatic carbocycles. The second-order valence-corrected chi connectivity index (χ2v) is 9.01. The number of hydrogen-bond donors (Lipinski definition) is 1. The molecule has 0 radical (unpaired) electrons. The lowest BCUT2D eigenvalue weighted by Gasteiger charge is -2.11. The van der Waals surface area contributed by atoms with Crippen molar-refractivity contribution in [1.29, 1.82) is 0 Å². The van der Waals surface area contributed by atoms with Gasteiger partial charge in [-0.2, -0.15) is 8.42 Å². The minimum atomic E-state index is -3.50. The number of nitrogens with zero attached hydrogens (tertiary/aromatic N) is 2. The highest BCUT2D eigenvalue weighted by molar-refractivity contribution is 7.84. The molecule has 0 fully saturated rings. The summed E-state index contributed by atoms with van der Waals surface area (Å²) in [7, 11) is -3.50. The van der Waals surface area contributed by atoms with E-state index in [1.807, 2.05) is 42.5 Å². The largest absolute Gasteiger partial charge is 0.322 e. The van der Waals surface area contributed by atoms with E-state index in [1.54, 1.807) is 24.3 Å². The number of hydrogen-bond acceptors (Lipinski definition) is 3. The van der Waals surface area contributed by atoms with Crippen LogP contribution in [0.25, 0.3) is 39.2 Å². The number of aromatic nitrogens is 2. The molecular formula is C25H20N3O2S+. The first-order valence-corrected chi connectivity index (χ1v) is 11.5. The number of benzene rings is 4. The molecule has 0 aliphatic heterocycles. The van der Waals surface area contributed by atoms with E-state index in [0.717, 1.165) is 39.2 Å². The fourth-order valence-corrected chi connectivity index (χ4v) is 4.28. The highest BCUT2D eigenvalue weighted by Crippen LogP contribution is 2.30. The van der Waals surface area contributed by atoms with Gasteiger partial charge >= 0.3 is 10.0 Å². The third-order valence-electron chi connectivity index (χ3n) is 5.27. The summed E-state index contributed by atoms with van der Waals surface area (Å²) in [5, 5.41) is 3.23. The van der Waals surface area contributed by atoms with Gasteiger partial charge in [0.15, 0.2) is 0 Å². The molecule has 152 valence electrons. The van der Waals surface area contributed by atoms with Crippen LogP contribution < -0.4 is 5.14 Å². The van der Waals surface area contributed by atoms with E-state index in [4.69, 9.17) is 4.98 Å². The van der Waals surface area contributed by atoms with Crippen molar-refractivity contribution in [3.8, 4) is 28.2 Å². The number of imidazole rings is 1. The van der Waals surface area contributed by atoms with E-state index in [0.29, 0.717) is 0 Å². The smallest absolute Gasteiger partial charge is 0.292 e. The fraction of sp³-hybridized carbons (Fsp3) is 0. The molecule has 0 aliphatic carbocycles. The highest BCUT2D eigenvalue weighted by atomic mass is 32.2. The molecule has 0 saturated heterocycles. The van der Waals surface area contributed by atoms with Crippen LogP contribution in [-0.2, 0) is 10.0 Å². The van der Waals surface area contributed by atoms with E-state index in [9.17, 15) is 8.42 Å².